The lowest BCUT2D eigenvalue weighted by molar-refractivity contribution is -0.137. The molecule has 1 saturated heterocycles. The van der Waals surface area contributed by atoms with Gasteiger partial charge in [0, 0.05) is 36.7 Å². The number of hydrogen-bond donors (Lipinski definition) is 2. The number of nitrogen functional groups attached to an aromatic ring is 1. The molecule has 0 radical (unpaired) electrons. The number of ether oxygens (including phenoxy) is 1. The van der Waals surface area contributed by atoms with E-state index in [1.54, 1.807) is 13.0 Å². The van der Waals surface area contributed by atoms with Crippen molar-refractivity contribution in [3.05, 3.63) is 87.8 Å². The average Bonchev–Trinajstić information content (AvgIpc) is 2.84. The van der Waals surface area contributed by atoms with Gasteiger partial charge in [-0.15, -0.1) is 0 Å². The van der Waals surface area contributed by atoms with E-state index in [0.29, 0.717) is 18.9 Å². The van der Waals surface area contributed by atoms with Gasteiger partial charge in [0.15, 0.2) is 0 Å². The third-order valence-corrected chi connectivity index (χ3v) is 5.81. The van der Waals surface area contributed by atoms with Crippen molar-refractivity contribution in [2.75, 3.05) is 36.9 Å². The standard InChI is InChI=1S/C25H25F3N4O3/c1-16(18-11-19(25(26,27)28)13-20(29)12-18)30-24(34)17-5-6-23(33)32(15-17)22-4-2-3-21(14-22)31-7-9-35-10-8-31/h2-6,11-16H,7-10,29H2,1H3,(H,30,34). The fraction of sp³-hybridized carbons (Fsp3) is 0.280. The highest BCUT2D eigenvalue weighted by Gasteiger charge is 2.31. The summed E-state index contributed by atoms with van der Waals surface area (Å²) < 4.78 is 46.2. The normalized spacial score (nSPS) is 15.0. The van der Waals surface area contributed by atoms with Crippen molar-refractivity contribution in [2.24, 2.45) is 0 Å². The number of aromatic nitrogens is 1. The first kappa shape index (κ1) is 24.3. The van der Waals surface area contributed by atoms with E-state index in [4.69, 9.17) is 10.5 Å². The molecule has 1 aliphatic rings. The summed E-state index contributed by atoms with van der Waals surface area (Å²) in [5, 5.41) is 2.68. The fourth-order valence-corrected chi connectivity index (χ4v) is 3.94. The third-order valence-electron chi connectivity index (χ3n) is 5.81. The quantitative estimate of drug-likeness (QED) is 0.536. The molecule has 0 spiro atoms. The predicted octanol–water partition coefficient (Wildman–Crippen LogP) is 3.77. The van der Waals surface area contributed by atoms with Crippen LogP contribution in [0.5, 0.6) is 0 Å². The minimum absolute atomic E-state index is 0.0513. The van der Waals surface area contributed by atoms with Crippen LogP contribution in [0, 0.1) is 0 Å². The summed E-state index contributed by atoms with van der Waals surface area (Å²) in [6.07, 6.45) is -3.14. The van der Waals surface area contributed by atoms with Gasteiger partial charge >= 0.3 is 6.18 Å². The molecule has 184 valence electrons. The van der Waals surface area contributed by atoms with Crippen molar-refractivity contribution in [1.82, 2.24) is 9.88 Å². The first-order valence-corrected chi connectivity index (χ1v) is 11.1. The topological polar surface area (TPSA) is 89.6 Å². The number of rotatable bonds is 5. The first-order valence-electron chi connectivity index (χ1n) is 11.1. The number of amides is 1. The van der Waals surface area contributed by atoms with E-state index in [1.165, 1.54) is 29.0 Å². The summed E-state index contributed by atoms with van der Waals surface area (Å²) in [6, 6.07) is 12.5. The Morgan fingerprint density at radius 1 is 1.06 bits per heavy atom. The third kappa shape index (κ3) is 5.65. The van der Waals surface area contributed by atoms with Crippen LogP contribution in [-0.2, 0) is 10.9 Å². The van der Waals surface area contributed by atoms with Crippen LogP contribution in [0.2, 0.25) is 0 Å². The van der Waals surface area contributed by atoms with Crippen molar-refractivity contribution in [3.63, 3.8) is 0 Å². The average molecular weight is 486 g/mol. The summed E-state index contributed by atoms with van der Waals surface area (Å²) in [5.41, 5.74) is 6.32. The second-order valence-electron chi connectivity index (χ2n) is 8.33. The molecule has 2 aromatic carbocycles. The molecule has 1 aromatic heterocycles. The lowest BCUT2D eigenvalue weighted by atomic mass is 10.0. The number of carbonyl (C=O) groups excluding carboxylic acids is 1. The highest BCUT2D eigenvalue weighted by Crippen LogP contribution is 2.32. The minimum Gasteiger partial charge on any atom is -0.399 e. The van der Waals surface area contributed by atoms with E-state index in [0.717, 1.165) is 30.9 Å². The van der Waals surface area contributed by atoms with E-state index in [-0.39, 0.29) is 22.4 Å². The summed E-state index contributed by atoms with van der Waals surface area (Å²) in [4.78, 5) is 27.6. The lowest BCUT2D eigenvalue weighted by Gasteiger charge is -2.29. The van der Waals surface area contributed by atoms with Gasteiger partial charge in [0.25, 0.3) is 11.5 Å². The summed E-state index contributed by atoms with van der Waals surface area (Å²) >= 11 is 0. The summed E-state index contributed by atoms with van der Waals surface area (Å²) in [7, 11) is 0. The highest BCUT2D eigenvalue weighted by atomic mass is 19.4. The second kappa shape index (κ2) is 9.83. The Morgan fingerprint density at radius 2 is 1.77 bits per heavy atom. The molecule has 0 bridgehead atoms. The van der Waals surface area contributed by atoms with Gasteiger partial charge in [-0.1, -0.05) is 6.07 Å². The van der Waals surface area contributed by atoms with Crippen molar-refractivity contribution in [2.45, 2.75) is 19.1 Å². The molecule has 0 saturated carbocycles. The molecule has 0 aliphatic carbocycles. The Bertz CT molecular complexity index is 1280. The zero-order chi connectivity index (χ0) is 25.2. The Morgan fingerprint density at radius 3 is 2.49 bits per heavy atom. The molecule has 10 heteroatoms. The van der Waals surface area contributed by atoms with Gasteiger partial charge < -0.3 is 20.7 Å². The SMILES string of the molecule is CC(NC(=O)c1ccc(=O)n(-c2cccc(N3CCOCC3)c2)c1)c1cc(N)cc(C(F)(F)F)c1. The Hall–Kier alpha value is -3.79. The maximum Gasteiger partial charge on any atom is 0.416 e. The molecular weight excluding hydrogens is 461 g/mol. The zero-order valence-corrected chi connectivity index (χ0v) is 19.0. The Labute approximate surface area is 199 Å². The molecule has 1 unspecified atom stereocenters. The number of anilines is 2. The number of nitrogens with zero attached hydrogens (tertiary/aromatic N) is 2. The summed E-state index contributed by atoms with van der Waals surface area (Å²) in [6.45, 7) is 4.28. The molecule has 1 amide bonds. The van der Waals surface area contributed by atoms with E-state index in [2.05, 4.69) is 10.2 Å². The minimum atomic E-state index is -4.56. The lowest BCUT2D eigenvalue weighted by Crippen LogP contribution is -2.36. The molecule has 1 fully saturated rings. The smallest absolute Gasteiger partial charge is 0.399 e. The van der Waals surface area contributed by atoms with Crippen molar-refractivity contribution in [3.8, 4) is 5.69 Å². The molecule has 7 nitrogen and oxygen atoms in total. The highest BCUT2D eigenvalue weighted by molar-refractivity contribution is 5.94. The Balaban J connectivity index is 1.57. The van der Waals surface area contributed by atoms with E-state index in [9.17, 15) is 22.8 Å². The van der Waals surface area contributed by atoms with Crippen LogP contribution in [0.3, 0.4) is 0 Å². The Kier molecular flexibility index (Phi) is 6.83. The number of carbonyl (C=O) groups is 1. The largest absolute Gasteiger partial charge is 0.416 e. The molecule has 4 rings (SSSR count). The maximum atomic E-state index is 13.1. The van der Waals surface area contributed by atoms with Crippen LogP contribution in [0.25, 0.3) is 5.69 Å². The molecule has 3 aromatic rings. The van der Waals surface area contributed by atoms with E-state index in [1.807, 2.05) is 18.2 Å². The number of nitrogens with one attached hydrogen (secondary N) is 1. The van der Waals surface area contributed by atoms with E-state index < -0.39 is 23.7 Å². The van der Waals surface area contributed by atoms with Gasteiger partial charge in [-0.2, -0.15) is 13.2 Å². The van der Waals surface area contributed by atoms with Crippen LogP contribution in [0.15, 0.2) is 65.6 Å². The molecule has 2 heterocycles. The van der Waals surface area contributed by atoms with Crippen LogP contribution in [0.4, 0.5) is 24.5 Å². The molecule has 3 N–H and O–H groups in total. The monoisotopic (exact) mass is 486 g/mol. The van der Waals surface area contributed by atoms with E-state index >= 15 is 0 Å². The number of hydrogen-bond acceptors (Lipinski definition) is 5. The zero-order valence-electron chi connectivity index (χ0n) is 19.0. The van der Waals surface area contributed by atoms with Crippen LogP contribution in [0.1, 0.15) is 34.5 Å². The van der Waals surface area contributed by atoms with Gasteiger partial charge in [-0.3, -0.25) is 14.2 Å². The van der Waals surface area contributed by atoms with Crippen molar-refractivity contribution in [1.29, 1.82) is 0 Å². The fourth-order valence-electron chi connectivity index (χ4n) is 3.94. The van der Waals surface area contributed by atoms with Crippen molar-refractivity contribution < 1.29 is 22.7 Å². The van der Waals surface area contributed by atoms with Crippen LogP contribution in [-0.4, -0.2) is 36.8 Å². The van der Waals surface area contributed by atoms with Gasteiger partial charge in [0.05, 0.1) is 36.1 Å². The number of alkyl halides is 3. The number of benzene rings is 2. The molecule has 35 heavy (non-hydrogen) atoms. The van der Waals surface area contributed by atoms with Crippen LogP contribution >= 0.6 is 0 Å². The number of halogens is 3. The maximum absolute atomic E-state index is 13.1. The second-order valence-corrected chi connectivity index (χ2v) is 8.33. The van der Waals surface area contributed by atoms with Gasteiger partial charge in [-0.05, 0) is 55.0 Å². The molecule has 1 aliphatic heterocycles. The number of morpholine rings is 1. The predicted molar refractivity (Wildman–Crippen MR) is 127 cm³/mol. The summed E-state index contributed by atoms with van der Waals surface area (Å²) in [5.74, 6) is -0.536. The molecule has 1 atom stereocenters. The van der Waals surface area contributed by atoms with Gasteiger partial charge in [0.1, 0.15) is 0 Å². The number of pyridine rings is 1. The van der Waals surface area contributed by atoms with Gasteiger partial charge in [-0.25, -0.2) is 0 Å². The number of nitrogens with two attached hydrogens (primary N) is 1. The van der Waals surface area contributed by atoms with Gasteiger partial charge in [0.2, 0.25) is 0 Å². The van der Waals surface area contributed by atoms with Crippen LogP contribution < -0.4 is 21.5 Å². The first-order chi connectivity index (χ1) is 16.6. The molecular formula is C25H25F3N4O3. The van der Waals surface area contributed by atoms with Crippen molar-refractivity contribution >= 4 is 17.3 Å².